The van der Waals surface area contributed by atoms with Crippen molar-refractivity contribution >= 4 is 11.8 Å². The van der Waals surface area contributed by atoms with Gasteiger partial charge in [0.25, 0.3) is 0 Å². The summed E-state index contributed by atoms with van der Waals surface area (Å²) in [6, 6.07) is 0. The molecule has 2 fully saturated rings. The van der Waals surface area contributed by atoms with E-state index in [2.05, 4.69) is 20.8 Å². The van der Waals surface area contributed by atoms with Crippen LogP contribution in [0.3, 0.4) is 0 Å². The lowest BCUT2D eigenvalue weighted by Crippen LogP contribution is -2.33. The van der Waals surface area contributed by atoms with Crippen molar-refractivity contribution in [3.63, 3.8) is 0 Å². The highest BCUT2D eigenvalue weighted by atomic mass is 16.6. The van der Waals surface area contributed by atoms with Gasteiger partial charge in [0.15, 0.2) is 0 Å². The number of rotatable bonds is 2. The van der Waals surface area contributed by atoms with Crippen molar-refractivity contribution in [2.24, 2.45) is 17.3 Å². The number of carbonyl (C=O) groups excluding carboxylic acids is 2. The van der Waals surface area contributed by atoms with Gasteiger partial charge in [-0.2, -0.15) is 0 Å². The van der Waals surface area contributed by atoms with Crippen LogP contribution in [0.1, 0.15) is 92.4 Å². The van der Waals surface area contributed by atoms with Gasteiger partial charge in [-0.15, -0.1) is 0 Å². The van der Waals surface area contributed by atoms with Crippen LogP contribution in [0.15, 0.2) is 0 Å². The van der Waals surface area contributed by atoms with E-state index in [4.69, 9.17) is 9.47 Å². The molecule has 4 nitrogen and oxygen atoms in total. The zero-order valence-electron chi connectivity index (χ0n) is 17.4. The molecule has 0 aromatic rings. The predicted octanol–water partition coefficient (Wildman–Crippen LogP) is 5.08. The van der Waals surface area contributed by atoms with E-state index in [1.165, 1.54) is 0 Å². The first-order chi connectivity index (χ1) is 12.2. The lowest BCUT2D eigenvalue weighted by Gasteiger charge is -2.30. The molecule has 0 spiro atoms. The van der Waals surface area contributed by atoms with Gasteiger partial charge in [0, 0.05) is 24.2 Å². The fourth-order valence-electron chi connectivity index (χ4n) is 4.43. The van der Waals surface area contributed by atoms with Crippen LogP contribution in [0.25, 0.3) is 0 Å². The first-order valence-electron chi connectivity index (χ1n) is 10.6. The summed E-state index contributed by atoms with van der Waals surface area (Å²) in [4.78, 5) is 25.2. The Morgan fingerprint density at radius 3 is 2.54 bits per heavy atom. The molecule has 0 saturated carbocycles. The van der Waals surface area contributed by atoms with E-state index in [0.717, 1.165) is 44.9 Å². The molecule has 150 valence electrons. The number of ketones is 1. The molecule has 0 amide bonds. The van der Waals surface area contributed by atoms with Crippen molar-refractivity contribution in [3.8, 4) is 0 Å². The van der Waals surface area contributed by atoms with Gasteiger partial charge < -0.3 is 9.47 Å². The summed E-state index contributed by atoms with van der Waals surface area (Å²) in [5, 5.41) is 0. The van der Waals surface area contributed by atoms with E-state index in [1.807, 2.05) is 13.8 Å². The van der Waals surface area contributed by atoms with Crippen molar-refractivity contribution < 1.29 is 19.1 Å². The molecule has 2 saturated heterocycles. The fourth-order valence-corrected chi connectivity index (χ4v) is 4.43. The monoisotopic (exact) mass is 366 g/mol. The maximum absolute atomic E-state index is 13.1. The molecule has 0 radical (unpaired) electrons. The topological polar surface area (TPSA) is 55.9 Å². The molecule has 2 heterocycles. The smallest absolute Gasteiger partial charge is 0.305 e. The van der Waals surface area contributed by atoms with Crippen LogP contribution < -0.4 is 0 Å². The lowest BCUT2D eigenvalue weighted by atomic mass is 9.73. The third-order valence-electron chi connectivity index (χ3n) is 6.36. The van der Waals surface area contributed by atoms with Gasteiger partial charge in [-0.05, 0) is 38.5 Å². The largest absolute Gasteiger partial charge is 0.466 e. The number of hydrogen-bond donors (Lipinski definition) is 0. The Labute approximate surface area is 159 Å². The van der Waals surface area contributed by atoms with Gasteiger partial charge in [-0.1, -0.05) is 47.0 Å². The van der Waals surface area contributed by atoms with Crippen LogP contribution in [0.2, 0.25) is 0 Å². The Balaban J connectivity index is 2.05. The van der Waals surface area contributed by atoms with Crippen molar-refractivity contribution in [1.29, 1.82) is 0 Å². The molecular formula is C22H38O4. The van der Waals surface area contributed by atoms with Crippen LogP contribution in [0, 0.1) is 17.3 Å². The summed E-state index contributed by atoms with van der Waals surface area (Å²) in [5.74, 6) is 0.781. The average Bonchev–Trinajstić information content (AvgIpc) is 3.21. The number of ether oxygens (including phenoxy) is 2. The molecule has 0 aromatic heterocycles. The van der Waals surface area contributed by atoms with Crippen LogP contribution in [-0.4, -0.2) is 30.1 Å². The van der Waals surface area contributed by atoms with E-state index in [0.29, 0.717) is 31.1 Å². The molecule has 0 aromatic carbocycles. The molecule has 0 bridgehead atoms. The zero-order valence-corrected chi connectivity index (χ0v) is 17.4. The standard InChI is InChI=1S/C22H38O4/c1-6-8-17-15-16(2)9-7-12-22(5)18(26-22)11-14-25-19(23)10-13-21(3,4)20(17)24/h16-18H,6-15H2,1-5H3. The number of esters is 1. The van der Waals surface area contributed by atoms with E-state index < -0.39 is 5.41 Å². The number of Topliss-reactive ketones (excluding diaryl/α,β-unsaturated/α-hetero) is 1. The maximum atomic E-state index is 13.1. The Morgan fingerprint density at radius 1 is 1.12 bits per heavy atom. The first-order valence-corrected chi connectivity index (χ1v) is 10.6. The average molecular weight is 367 g/mol. The molecule has 2 aliphatic heterocycles. The van der Waals surface area contributed by atoms with Crippen LogP contribution in [0.4, 0.5) is 0 Å². The van der Waals surface area contributed by atoms with Gasteiger partial charge in [-0.25, -0.2) is 0 Å². The SMILES string of the molecule is CCCC1CC(C)CCCC2(C)OC2CCOC(=O)CCC(C)(C)C1=O. The lowest BCUT2D eigenvalue weighted by molar-refractivity contribution is -0.145. The minimum absolute atomic E-state index is 0.0379. The summed E-state index contributed by atoms with van der Waals surface area (Å²) in [6.45, 7) is 11.0. The Hall–Kier alpha value is -0.900. The highest BCUT2D eigenvalue weighted by Gasteiger charge is 2.51. The van der Waals surface area contributed by atoms with Gasteiger partial charge >= 0.3 is 5.97 Å². The molecule has 26 heavy (non-hydrogen) atoms. The van der Waals surface area contributed by atoms with Crippen LogP contribution in [0.5, 0.6) is 0 Å². The number of hydrogen-bond acceptors (Lipinski definition) is 4. The summed E-state index contributed by atoms with van der Waals surface area (Å²) < 4.78 is 11.2. The summed E-state index contributed by atoms with van der Waals surface area (Å²) in [7, 11) is 0. The molecule has 2 aliphatic rings. The van der Waals surface area contributed by atoms with Gasteiger partial charge in [0.1, 0.15) is 5.78 Å². The third-order valence-corrected chi connectivity index (χ3v) is 6.36. The molecule has 4 heteroatoms. The Morgan fingerprint density at radius 2 is 1.85 bits per heavy atom. The third kappa shape index (κ3) is 5.80. The van der Waals surface area contributed by atoms with Gasteiger partial charge in [0.05, 0.1) is 18.3 Å². The van der Waals surface area contributed by atoms with E-state index in [1.54, 1.807) is 0 Å². The zero-order chi connectivity index (χ0) is 19.4. The summed E-state index contributed by atoms with van der Waals surface area (Å²) >= 11 is 0. The highest BCUT2D eigenvalue weighted by Crippen LogP contribution is 2.43. The summed E-state index contributed by atoms with van der Waals surface area (Å²) in [6.07, 6.45) is 8.14. The number of cyclic esters (lactones) is 1. The molecule has 0 aliphatic carbocycles. The van der Waals surface area contributed by atoms with Crippen LogP contribution in [-0.2, 0) is 19.1 Å². The second-order valence-electron chi connectivity index (χ2n) is 9.40. The van der Waals surface area contributed by atoms with Crippen molar-refractivity contribution in [2.45, 2.75) is 104 Å². The normalized spacial score (nSPS) is 36.9. The fraction of sp³-hybridized carbons (Fsp3) is 0.909. The minimum atomic E-state index is -0.464. The molecule has 4 atom stereocenters. The second kappa shape index (κ2) is 8.86. The Kier molecular flexibility index (Phi) is 7.29. The predicted molar refractivity (Wildman–Crippen MR) is 103 cm³/mol. The van der Waals surface area contributed by atoms with Crippen molar-refractivity contribution in [3.05, 3.63) is 0 Å². The maximum Gasteiger partial charge on any atom is 0.305 e. The number of carbonyl (C=O) groups is 2. The minimum Gasteiger partial charge on any atom is -0.466 e. The number of fused-ring (bicyclic) bond motifs is 1. The van der Waals surface area contributed by atoms with Crippen molar-refractivity contribution in [1.82, 2.24) is 0 Å². The van der Waals surface area contributed by atoms with Gasteiger partial charge in [-0.3, -0.25) is 9.59 Å². The highest BCUT2D eigenvalue weighted by molar-refractivity contribution is 5.86. The first kappa shape index (κ1) is 21.4. The van der Waals surface area contributed by atoms with Crippen LogP contribution >= 0.6 is 0 Å². The van der Waals surface area contributed by atoms with Crippen molar-refractivity contribution in [2.75, 3.05) is 6.61 Å². The quantitative estimate of drug-likeness (QED) is 0.505. The molecule has 4 unspecified atom stereocenters. The second-order valence-corrected chi connectivity index (χ2v) is 9.40. The molecule has 2 rings (SSSR count). The summed E-state index contributed by atoms with van der Waals surface area (Å²) in [5.41, 5.74) is -0.502. The van der Waals surface area contributed by atoms with E-state index in [9.17, 15) is 9.59 Å². The van der Waals surface area contributed by atoms with Gasteiger partial charge in [0.2, 0.25) is 0 Å². The van der Waals surface area contributed by atoms with E-state index in [-0.39, 0.29) is 23.6 Å². The number of epoxide rings is 1. The molecular weight excluding hydrogens is 328 g/mol. The Bertz CT molecular complexity index is 498. The molecule has 0 N–H and O–H groups in total. The van der Waals surface area contributed by atoms with E-state index >= 15 is 0 Å².